The number of benzene rings is 1. The number of fused-ring (bicyclic) bond motifs is 1. The zero-order chi connectivity index (χ0) is 11.7. The van der Waals surface area contributed by atoms with Gasteiger partial charge in [-0.1, -0.05) is 30.3 Å². The highest BCUT2D eigenvalue weighted by molar-refractivity contribution is 7.10. The maximum atomic E-state index is 6.20. The van der Waals surface area contributed by atoms with E-state index in [1.165, 1.54) is 0 Å². The molecule has 2 heterocycles. The van der Waals surface area contributed by atoms with Gasteiger partial charge in [-0.05, 0) is 23.6 Å². The highest BCUT2D eigenvalue weighted by atomic mass is 35.5. The molecule has 18 heavy (non-hydrogen) atoms. The quantitative estimate of drug-likeness (QED) is 0.774. The van der Waals surface area contributed by atoms with Crippen molar-refractivity contribution in [3.63, 3.8) is 0 Å². The molecule has 0 saturated heterocycles. The number of hydrogen-bond donors (Lipinski definition) is 1. The Morgan fingerprint density at radius 3 is 2.61 bits per heavy atom. The number of halogens is 1. The van der Waals surface area contributed by atoms with Crippen molar-refractivity contribution in [3.8, 4) is 0 Å². The highest BCUT2D eigenvalue weighted by Crippen LogP contribution is 2.23. The van der Waals surface area contributed by atoms with Crippen LogP contribution in [0.25, 0.3) is 10.9 Å². The Bertz CT molecular complexity index is 637. The summed E-state index contributed by atoms with van der Waals surface area (Å²) in [6, 6.07) is 16.1. The third-order valence-electron chi connectivity index (χ3n) is 2.79. The van der Waals surface area contributed by atoms with Crippen LogP contribution in [-0.2, 0) is 0 Å². The van der Waals surface area contributed by atoms with Crippen LogP contribution in [0, 0.1) is 0 Å². The molecule has 3 aromatic rings. The van der Waals surface area contributed by atoms with Gasteiger partial charge >= 0.3 is 0 Å². The van der Waals surface area contributed by atoms with Gasteiger partial charge in [-0.25, -0.2) is 0 Å². The second-order valence-electron chi connectivity index (χ2n) is 3.92. The maximum Gasteiger partial charge on any atom is 0.0820 e. The Morgan fingerprint density at radius 2 is 1.83 bits per heavy atom. The second kappa shape index (κ2) is 5.48. The van der Waals surface area contributed by atoms with Crippen LogP contribution in [0.4, 0.5) is 0 Å². The van der Waals surface area contributed by atoms with Crippen LogP contribution in [-0.4, -0.2) is 4.98 Å². The van der Waals surface area contributed by atoms with Crippen LogP contribution in [0.3, 0.4) is 0 Å². The average Bonchev–Trinajstić information content (AvgIpc) is 2.91. The molecule has 2 aromatic heterocycles. The molecule has 2 N–H and O–H groups in total. The van der Waals surface area contributed by atoms with Gasteiger partial charge in [0.2, 0.25) is 0 Å². The number of aromatic nitrogens is 1. The standard InChI is InChI=1S/C14H12N2S.ClH/c15-14(13-6-3-9-17-13)12-8-7-10-4-1-2-5-11(10)16-12;/h1-9,14H,15H2;1H/t14-;/m0./s1. The fraction of sp³-hybridized carbons (Fsp3) is 0.0714. The van der Waals surface area contributed by atoms with E-state index in [0.717, 1.165) is 21.5 Å². The fourth-order valence-corrected chi connectivity index (χ4v) is 2.61. The van der Waals surface area contributed by atoms with Crippen LogP contribution in [0.15, 0.2) is 53.9 Å². The summed E-state index contributed by atoms with van der Waals surface area (Å²) in [7, 11) is 0. The first kappa shape index (κ1) is 13.0. The first-order valence-electron chi connectivity index (χ1n) is 5.49. The molecule has 92 valence electrons. The molecule has 0 bridgehead atoms. The van der Waals surface area contributed by atoms with Crippen molar-refractivity contribution in [1.29, 1.82) is 0 Å². The van der Waals surface area contributed by atoms with E-state index in [2.05, 4.69) is 17.1 Å². The fourth-order valence-electron chi connectivity index (χ4n) is 1.87. The van der Waals surface area contributed by atoms with Crippen LogP contribution >= 0.6 is 23.7 Å². The van der Waals surface area contributed by atoms with Crippen molar-refractivity contribution >= 4 is 34.6 Å². The Kier molecular flexibility index (Phi) is 3.97. The summed E-state index contributed by atoms with van der Waals surface area (Å²) in [5, 5.41) is 3.19. The molecule has 0 radical (unpaired) electrons. The Morgan fingerprint density at radius 1 is 1.00 bits per heavy atom. The zero-order valence-corrected chi connectivity index (χ0v) is 11.2. The van der Waals surface area contributed by atoms with E-state index >= 15 is 0 Å². The third-order valence-corrected chi connectivity index (χ3v) is 3.74. The van der Waals surface area contributed by atoms with Gasteiger partial charge < -0.3 is 5.73 Å². The van der Waals surface area contributed by atoms with Crippen LogP contribution in [0.2, 0.25) is 0 Å². The molecule has 0 unspecified atom stereocenters. The predicted molar refractivity (Wildman–Crippen MR) is 79.3 cm³/mol. The molecule has 1 atom stereocenters. The molecule has 0 fully saturated rings. The Hall–Kier alpha value is -1.42. The monoisotopic (exact) mass is 276 g/mol. The first-order valence-corrected chi connectivity index (χ1v) is 6.37. The summed E-state index contributed by atoms with van der Waals surface area (Å²) >= 11 is 1.67. The number of rotatable bonds is 2. The maximum absolute atomic E-state index is 6.20. The minimum Gasteiger partial charge on any atom is -0.318 e. The summed E-state index contributed by atoms with van der Waals surface area (Å²) in [4.78, 5) is 5.76. The van der Waals surface area contributed by atoms with E-state index in [9.17, 15) is 0 Å². The number of nitrogens with two attached hydrogens (primary N) is 1. The third kappa shape index (κ3) is 2.38. The minimum atomic E-state index is -0.125. The van der Waals surface area contributed by atoms with Gasteiger partial charge in [0.1, 0.15) is 0 Å². The molecule has 0 spiro atoms. The molecule has 0 aliphatic carbocycles. The van der Waals surface area contributed by atoms with E-state index < -0.39 is 0 Å². The van der Waals surface area contributed by atoms with Crippen molar-refractivity contribution in [2.24, 2.45) is 5.73 Å². The zero-order valence-electron chi connectivity index (χ0n) is 9.61. The van der Waals surface area contributed by atoms with Gasteiger partial charge in [-0.3, -0.25) is 4.98 Å². The van der Waals surface area contributed by atoms with E-state index in [1.807, 2.05) is 41.8 Å². The molecule has 3 rings (SSSR count). The number of thiophene rings is 1. The summed E-state index contributed by atoms with van der Waals surface area (Å²) in [6.45, 7) is 0. The van der Waals surface area contributed by atoms with Crippen LogP contribution in [0.1, 0.15) is 16.6 Å². The Labute approximate surface area is 116 Å². The van der Waals surface area contributed by atoms with E-state index in [0.29, 0.717) is 0 Å². The molecule has 1 aromatic carbocycles. The number of para-hydroxylation sites is 1. The lowest BCUT2D eigenvalue weighted by Crippen LogP contribution is -2.11. The van der Waals surface area contributed by atoms with Gasteiger partial charge in [0.15, 0.2) is 0 Å². The normalized spacial score (nSPS) is 12.1. The van der Waals surface area contributed by atoms with Crippen molar-refractivity contribution < 1.29 is 0 Å². The SMILES string of the molecule is Cl.N[C@@H](c1ccc2ccccc2n1)c1cccs1. The average molecular weight is 277 g/mol. The lowest BCUT2D eigenvalue weighted by molar-refractivity contribution is 0.855. The highest BCUT2D eigenvalue weighted by Gasteiger charge is 2.11. The molecule has 0 aliphatic rings. The minimum absolute atomic E-state index is 0. The van der Waals surface area contributed by atoms with Crippen molar-refractivity contribution in [3.05, 3.63) is 64.5 Å². The van der Waals surface area contributed by atoms with Crippen LogP contribution in [0.5, 0.6) is 0 Å². The lowest BCUT2D eigenvalue weighted by Gasteiger charge is -2.09. The number of hydrogen-bond acceptors (Lipinski definition) is 3. The van der Waals surface area contributed by atoms with Gasteiger partial charge in [0.05, 0.1) is 17.3 Å². The second-order valence-corrected chi connectivity index (χ2v) is 4.90. The van der Waals surface area contributed by atoms with Crippen molar-refractivity contribution in [2.45, 2.75) is 6.04 Å². The molecule has 0 saturated carbocycles. The molecule has 0 aliphatic heterocycles. The molecule has 2 nitrogen and oxygen atoms in total. The van der Waals surface area contributed by atoms with Gasteiger partial charge in [0.25, 0.3) is 0 Å². The Balaban J connectivity index is 0.00000120. The number of nitrogens with zero attached hydrogens (tertiary/aromatic N) is 1. The van der Waals surface area contributed by atoms with Crippen molar-refractivity contribution in [2.75, 3.05) is 0 Å². The van der Waals surface area contributed by atoms with Crippen LogP contribution < -0.4 is 5.73 Å². The summed E-state index contributed by atoms with van der Waals surface area (Å²) < 4.78 is 0. The molecular weight excluding hydrogens is 264 g/mol. The smallest absolute Gasteiger partial charge is 0.0820 e. The van der Waals surface area contributed by atoms with Gasteiger partial charge in [0, 0.05) is 10.3 Å². The summed E-state index contributed by atoms with van der Waals surface area (Å²) in [5.41, 5.74) is 8.12. The molecule has 4 heteroatoms. The van der Waals surface area contributed by atoms with E-state index in [4.69, 9.17) is 5.73 Å². The lowest BCUT2D eigenvalue weighted by atomic mass is 10.1. The summed E-state index contributed by atoms with van der Waals surface area (Å²) in [5.74, 6) is 0. The largest absolute Gasteiger partial charge is 0.318 e. The molecule has 0 amide bonds. The number of pyridine rings is 1. The van der Waals surface area contributed by atoms with Gasteiger partial charge in [-0.2, -0.15) is 0 Å². The van der Waals surface area contributed by atoms with Gasteiger partial charge in [-0.15, -0.1) is 23.7 Å². The van der Waals surface area contributed by atoms with E-state index in [1.54, 1.807) is 11.3 Å². The predicted octanol–water partition coefficient (Wildman–Crippen LogP) is 3.77. The van der Waals surface area contributed by atoms with E-state index in [-0.39, 0.29) is 18.4 Å². The van der Waals surface area contributed by atoms with Crippen molar-refractivity contribution in [1.82, 2.24) is 4.98 Å². The molecular formula is C14H13ClN2S. The topological polar surface area (TPSA) is 38.9 Å². The summed E-state index contributed by atoms with van der Waals surface area (Å²) in [6.07, 6.45) is 0. The first-order chi connectivity index (χ1) is 8.34.